The lowest BCUT2D eigenvalue weighted by atomic mass is 10.1. The van der Waals surface area contributed by atoms with Crippen LogP contribution < -0.4 is 5.73 Å². The van der Waals surface area contributed by atoms with E-state index in [4.69, 9.17) is 5.73 Å². The van der Waals surface area contributed by atoms with E-state index >= 15 is 0 Å². The van der Waals surface area contributed by atoms with E-state index < -0.39 is 5.91 Å². The SMILES string of the molecule is CN(Cc1cccc(C(N)=O)c1)C(=O)c1ccc(Br)cc1O. The third-order valence-corrected chi connectivity index (χ3v) is 3.66. The highest BCUT2D eigenvalue weighted by atomic mass is 79.9. The van der Waals surface area contributed by atoms with Crippen molar-refractivity contribution in [3.63, 3.8) is 0 Å². The van der Waals surface area contributed by atoms with Crippen molar-refractivity contribution in [1.82, 2.24) is 4.90 Å². The molecule has 0 spiro atoms. The Kier molecular flexibility index (Phi) is 4.82. The first-order valence-electron chi connectivity index (χ1n) is 6.51. The summed E-state index contributed by atoms with van der Waals surface area (Å²) in [6.45, 7) is 0.301. The van der Waals surface area contributed by atoms with Gasteiger partial charge in [0.2, 0.25) is 5.91 Å². The number of benzene rings is 2. The van der Waals surface area contributed by atoms with Crippen molar-refractivity contribution < 1.29 is 14.7 Å². The molecule has 6 heteroatoms. The third-order valence-electron chi connectivity index (χ3n) is 3.17. The summed E-state index contributed by atoms with van der Waals surface area (Å²) in [5.41, 5.74) is 6.64. The van der Waals surface area contributed by atoms with Crippen LogP contribution in [0.5, 0.6) is 5.75 Å². The maximum atomic E-state index is 12.4. The molecule has 0 saturated heterocycles. The number of halogens is 1. The first-order valence-corrected chi connectivity index (χ1v) is 7.30. The van der Waals surface area contributed by atoms with Crippen LogP contribution in [-0.4, -0.2) is 28.9 Å². The number of aromatic hydroxyl groups is 1. The summed E-state index contributed by atoms with van der Waals surface area (Å²) in [6.07, 6.45) is 0. The molecular weight excluding hydrogens is 348 g/mol. The van der Waals surface area contributed by atoms with E-state index in [-0.39, 0.29) is 17.2 Å². The van der Waals surface area contributed by atoms with Gasteiger partial charge in [0, 0.05) is 23.6 Å². The summed E-state index contributed by atoms with van der Waals surface area (Å²) in [4.78, 5) is 25.0. The molecule has 5 nitrogen and oxygen atoms in total. The smallest absolute Gasteiger partial charge is 0.257 e. The fourth-order valence-corrected chi connectivity index (χ4v) is 2.41. The first kappa shape index (κ1) is 16.0. The van der Waals surface area contributed by atoms with Crippen LogP contribution in [0.25, 0.3) is 0 Å². The molecule has 0 atom stereocenters. The van der Waals surface area contributed by atoms with Crippen LogP contribution in [0, 0.1) is 0 Å². The van der Waals surface area contributed by atoms with Crippen molar-refractivity contribution in [3.8, 4) is 5.75 Å². The third kappa shape index (κ3) is 3.65. The summed E-state index contributed by atoms with van der Waals surface area (Å²) in [7, 11) is 1.63. The Labute approximate surface area is 136 Å². The predicted molar refractivity (Wildman–Crippen MR) is 86.6 cm³/mol. The second-order valence-electron chi connectivity index (χ2n) is 4.89. The van der Waals surface area contributed by atoms with Crippen molar-refractivity contribution in [2.45, 2.75) is 6.54 Å². The Morgan fingerprint density at radius 1 is 1.23 bits per heavy atom. The molecule has 0 unspecified atom stereocenters. The molecule has 0 heterocycles. The minimum Gasteiger partial charge on any atom is -0.507 e. The van der Waals surface area contributed by atoms with E-state index in [2.05, 4.69) is 15.9 Å². The zero-order valence-corrected chi connectivity index (χ0v) is 13.5. The second kappa shape index (κ2) is 6.62. The number of primary amides is 1. The van der Waals surface area contributed by atoms with Gasteiger partial charge in [0.1, 0.15) is 5.75 Å². The molecule has 22 heavy (non-hydrogen) atoms. The van der Waals surface area contributed by atoms with Gasteiger partial charge >= 0.3 is 0 Å². The Morgan fingerprint density at radius 3 is 2.59 bits per heavy atom. The highest BCUT2D eigenvalue weighted by Gasteiger charge is 2.16. The zero-order chi connectivity index (χ0) is 16.3. The van der Waals surface area contributed by atoms with Gasteiger partial charge < -0.3 is 15.7 Å². The fraction of sp³-hybridized carbons (Fsp3) is 0.125. The lowest BCUT2D eigenvalue weighted by Crippen LogP contribution is -2.26. The van der Waals surface area contributed by atoms with Crippen LogP contribution in [0.1, 0.15) is 26.3 Å². The van der Waals surface area contributed by atoms with Crippen LogP contribution in [-0.2, 0) is 6.54 Å². The number of carbonyl (C=O) groups is 2. The molecule has 2 rings (SSSR count). The topological polar surface area (TPSA) is 83.6 Å². The highest BCUT2D eigenvalue weighted by Crippen LogP contribution is 2.23. The van der Waals surface area contributed by atoms with E-state index in [1.807, 2.05) is 0 Å². The van der Waals surface area contributed by atoms with Crippen LogP contribution in [0.4, 0.5) is 0 Å². The van der Waals surface area contributed by atoms with Crippen molar-refractivity contribution in [2.75, 3.05) is 7.05 Å². The van der Waals surface area contributed by atoms with Crippen molar-refractivity contribution in [1.29, 1.82) is 0 Å². The molecule has 0 fully saturated rings. The van der Waals surface area contributed by atoms with Gasteiger partial charge in [0.15, 0.2) is 0 Å². The van der Waals surface area contributed by atoms with Crippen molar-refractivity contribution in [2.24, 2.45) is 5.73 Å². The Hall–Kier alpha value is -2.34. The predicted octanol–water partition coefficient (Wildman–Crippen LogP) is 2.53. The number of nitrogens with two attached hydrogens (primary N) is 1. The summed E-state index contributed by atoms with van der Waals surface area (Å²) < 4.78 is 0.693. The average Bonchev–Trinajstić information content (AvgIpc) is 2.46. The molecule has 2 aromatic rings. The Morgan fingerprint density at radius 2 is 1.95 bits per heavy atom. The van der Waals surface area contributed by atoms with Gasteiger partial charge in [-0.3, -0.25) is 9.59 Å². The minimum absolute atomic E-state index is 0.0860. The van der Waals surface area contributed by atoms with Crippen LogP contribution in [0.15, 0.2) is 46.9 Å². The van der Waals surface area contributed by atoms with Crippen LogP contribution in [0.2, 0.25) is 0 Å². The second-order valence-corrected chi connectivity index (χ2v) is 5.80. The average molecular weight is 363 g/mol. The number of carbonyl (C=O) groups excluding carboxylic acids is 2. The molecule has 0 aliphatic heterocycles. The van der Waals surface area contributed by atoms with Crippen LogP contribution >= 0.6 is 15.9 Å². The molecule has 0 aromatic heterocycles. The number of hydrogen-bond acceptors (Lipinski definition) is 3. The fourth-order valence-electron chi connectivity index (χ4n) is 2.06. The molecule has 0 aliphatic rings. The van der Waals surface area contributed by atoms with E-state index in [0.29, 0.717) is 16.6 Å². The molecule has 0 radical (unpaired) electrons. The Balaban J connectivity index is 2.18. The first-order chi connectivity index (χ1) is 10.4. The number of phenols is 1. The largest absolute Gasteiger partial charge is 0.507 e. The van der Waals surface area contributed by atoms with Crippen molar-refractivity contribution in [3.05, 3.63) is 63.6 Å². The normalized spacial score (nSPS) is 10.3. The van der Waals surface area contributed by atoms with Gasteiger partial charge in [-0.2, -0.15) is 0 Å². The zero-order valence-electron chi connectivity index (χ0n) is 11.9. The minimum atomic E-state index is -0.513. The van der Waals surface area contributed by atoms with Gasteiger partial charge in [0.25, 0.3) is 5.91 Å². The summed E-state index contributed by atoms with van der Waals surface area (Å²) in [5.74, 6) is -0.909. The molecule has 0 saturated carbocycles. The number of nitrogens with zero attached hydrogens (tertiary/aromatic N) is 1. The molecular formula is C16H15BrN2O3. The standard InChI is InChI=1S/C16H15BrN2O3/c1-19(9-10-3-2-4-11(7-10)15(18)21)16(22)13-6-5-12(17)8-14(13)20/h2-8,20H,9H2,1H3,(H2,18,21). The molecule has 2 amide bonds. The maximum absolute atomic E-state index is 12.4. The highest BCUT2D eigenvalue weighted by molar-refractivity contribution is 9.10. The van der Waals surface area contributed by atoms with Crippen molar-refractivity contribution >= 4 is 27.7 Å². The quantitative estimate of drug-likeness (QED) is 0.876. The van der Waals surface area contributed by atoms with E-state index in [0.717, 1.165) is 5.56 Å². The van der Waals surface area contributed by atoms with E-state index in [1.165, 1.54) is 11.0 Å². The summed E-state index contributed by atoms with van der Waals surface area (Å²) in [5, 5.41) is 9.85. The number of amides is 2. The van der Waals surface area contributed by atoms with Gasteiger partial charge in [-0.1, -0.05) is 28.1 Å². The van der Waals surface area contributed by atoms with Gasteiger partial charge in [-0.05, 0) is 35.9 Å². The molecule has 0 aliphatic carbocycles. The Bertz CT molecular complexity index is 731. The number of hydrogen-bond donors (Lipinski definition) is 2. The van der Waals surface area contributed by atoms with E-state index in [9.17, 15) is 14.7 Å². The molecule has 3 N–H and O–H groups in total. The number of rotatable bonds is 4. The molecule has 0 bridgehead atoms. The molecule has 114 valence electrons. The monoisotopic (exact) mass is 362 g/mol. The van der Waals surface area contributed by atoms with Gasteiger partial charge in [-0.25, -0.2) is 0 Å². The summed E-state index contributed by atoms with van der Waals surface area (Å²) in [6, 6.07) is 11.5. The lowest BCUT2D eigenvalue weighted by molar-refractivity contribution is 0.0782. The van der Waals surface area contributed by atoms with E-state index in [1.54, 1.807) is 43.4 Å². The van der Waals surface area contributed by atoms with Gasteiger partial charge in [-0.15, -0.1) is 0 Å². The van der Waals surface area contributed by atoms with Crippen LogP contribution in [0.3, 0.4) is 0 Å². The maximum Gasteiger partial charge on any atom is 0.257 e. The summed E-state index contributed by atoms with van der Waals surface area (Å²) >= 11 is 3.23. The molecule has 2 aromatic carbocycles. The number of phenolic OH excluding ortho intramolecular Hbond substituents is 1. The van der Waals surface area contributed by atoms with Gasteiger partial charge in [0.05, 0.1) is 5.56 Å². The lowest BCUT2D eigenvalue weighted by Gasteiger charge is -2.18.